The van der Waals surface area contributed by atoms with Crippen molar-refractivity contribution in [2.75, 3.05) is 26.4 Å². The van der Waals surface area contributed by atoms with Crippen LogP contribution in [0.3, 0.4) is 0 Å². The molecule has 0 atom stereocenters. The molecule has 1 aromatic carbocycles. The number of ether oxygens (including phenoxy) is 2. The Bertz CT molecular complexity index is 724. The van der Waals surface area contributed by atoms with E-state index in [9.17, 15) is 4.79 Å². The first-order chi connectivity index (χ1) is 12.3. The average molecular weight is 358 g/mol. The number of nitrogens with zero attached hydrogens (tertiary/aromatic N) is 1. The zero-order chi connectivity index (χ0) is 17.1. The van der Waals surface area contributed by atoms with Crippen molar-refractivity contribution in [3.05, 3.63) is 46.2 Å². The lowest BCUT2D eigenvalue weighted by molar-refractivity contribution is -0.122. The van der Waals surface area contributed by atoms with Crippen molar-refractivity contribution in [3.63, 3.8) is 0 Å². The SMILES string of the molecule is O=C(CN1CCC(c2ccc3c(c2)OCO3)CC1)NCc1cccs1. The average Bonchev–Trinajstić information content (AvgIpc) is 3.31. The lowest BCUT2D eigenvalue weighted by Crippen LogP contribution is -2.40. The maximum Gasteiger partial charge on any atom is 0.234 e. The Morgan fingerprint density at radius 1 is 1.20 bits per heavy atom. The lowest BCUT2D eigenvalue weighted by atomic mass is 9.89. The molecule has 2 aliphatic heterocycles. The fraction of sp³-hybridized carbons (Fsp3) is 0.421. The van der Waals surface area contributed by atoms with Crippen LogP contribution < -0.4 is 14.8 Å². The maximum absolute atomic E-state index is 12.1. The number of likely N-dealkylation sites (tertiary alicyclic amines) is 1. The third kappa shape index (κ3) is 3.96. The molecule has 4 rings (SSSR count). The van der Waals surface area contributed by atoms with Crippen molar-refractivity contribution < 1.29 is 14.3 Å². The van der Waals surface area contributed by atoms with Crippen LogP contribution in [0.5, 0.6) is 11.5 Å². The molecule has 1 amide bonds. The standard InChI is InChI=1S/C19H22N2O3S/c22-19(20-11-16-2-1-9-25-16)12-21-7-5-14(6-8-21)15-3-4-17-18(10-15)24-13-23-17/h1-4,9-10,14H,5-8,11-13H2,(H,20,22). The van der Waals surface area contributed by atoms with E-state index in [-0.39, 0.29) is 5.91 Å². The van der Waals surface area contributed by atoms with E-state index in [1.165, 1.54) is 10.4 Å². The molecule has 2 aliphatic rings. The first-order valence-corrected chi connectivity index (χ1v) is 9.57. The van der Waals surface area contributed by atoms with E-state index in [0.717, 1.165) is 37.4 Å². The number of piperidine rings is 1. The molecule has 25 heavy (non-hydrogen) atoms. The fourth-order valence-electron chi connectivity index (χ4n) is 3.45. The first-order valence-electron chi connectivity index (χ1n) is 8.69. The van der Waals surface area contributed by atoms with Crippen LogP contribution in [0.1, 0.15) is 29.2 Å². The molecule has 132 valence electrons. The van der Waals surface area contributed by atoms with Crippen LogP contribution in [0.15, 0.2) is 35.7 Å². The molecular weight excluding hydrogens is 336 g/mol. The zero-order valence-corrected chi connectivity index (χ0v) is 14.9. The minimum atomic E-state index is 0.106. The monoisotopic (exact) mass is 358 g/mol. The summed E-state index contributed by atoms with van der Waals surface area (Å²) < 4.78 is 10.9. The molecule has 0 radical (unpaired) electrons. The van der Waals surface area contributed by atoms with Crippen LogP contribution in [-0.4, -0.2) is 37.2 Å². The highest BCUT2D eigenvalue weighted by Crippen LogP contribution is 2.37. The number of amides is 1. The van der Waals surface area contributed by atoms with E-state index in [2.05, 4.69) is 22.3 Å². The Morgan fingerprint density at radius 2 is 2.04 bits per heavy atom. The molecule has 0 bridgehead atoms. The van der Waals surface area contributed by atoms with E-state index < -0.39 is 0 Å². The molecule has 1 N–H and O–H groups in total. The molecule has 0 unspecified atom stereocenters. The minimum absolute atomic E-state index is 0.106. The molecule has 3 heterocycles. The summed E-state index contributed by atoms with van der Waals surface area (Å²) in [4.78, 5) is 15.5. The van der Waals surface area contributed by atoms with Gasteiger partial charge in [0.15, 0.2) is 11.5 Å². The molecule has 1 aromatic heterocycles. The Labute approximate surface area is 151 Å². The number of fused-ring (bicyclic) bond motifs is 1. The zero-order valence-electron chi connectivity index (χ0n) is 14.1. The van der Waals surface area contributed by atoms with Gasteiger partial charge < -0.3 is 14.8 Å². The predicted molar refractivity (Wildman–Crippen MR) is 97.1 cm³/mol. The van der Waals surface area contributed by atoms with Gasteiger partial charge in [0, 0.05) is 4.88 Å². The van der Waals surface area contributed by atoms with Gasteiger partial charge in [0.05, 0.1) is 13.1 Å². The Morgan fingerprint density at radius 3 is 2.84 bits per heavy atom. The highest BCUT2D eigenvalue weighted by molar-refractivity contribution is 7.09. The Kier molecular flexibility index (Phi) is 4.90. The number of hydrogen-bond acceptors (Lipinski definition) is 5. The summed E-state index contributed by atoms with van der Waals surface area (Å²) in [5.41, 5.74) is 1.31. The van der Waals surface area contributed by atoms with E-state index >= 15 is 0 Å². The van der Waals surface area contributed by atoms with Crippen molar-refractivity contribution in [1.82, 2.24) is 10.2 Å². The molecule has 6 heteroatoms. The molecule has 0 spiro atoms. The summed E-state index contributed by atoms with van der Waals surface area (Å²) in [7, 11) is 0. The first kappa shape index (κ1) is 16.4. The van der Waals surface area contributed by atoms with Gasteiger partial charge in [0.1, 0.15) is 0 Å². The smallest absolute Gasteiger partial charge is 0.234 e. The number of nitrogens with one attached hydrogen (secondary N) is 1. The predicted octanol–water partition coefficient (Wildman–Crippen LogP) is 2.97. The van der Waals surface area contributed by atoms with Crippen LogP contribution in [0.25, 0.3) is 0 Å². The fourth-order valence-corrected chi connectivity index (χ4v) is 4.09. The summed E-state index contributed by atoms with van der Waals surface area (Å²) in [6, 6.07) is 10.3. The normalized spacial score (nSPS) is 17.6. The largest absolute Gasteiger partial charge is 0.454 e. The summed E-state index contributed by atoms with van der Waals surface area (Å²) >= 11 is 1.67. The van der Waals surface area contributed by atoms with Crippen molar-refractivity contribution in [1.29, 1.82) is 0 Å². The molecule has 0 aliphatic carbocycles. The summed E-state index contributed by atoms with van der Waals surface area (Å²) in [6.45, 7) is 3.33. The van der Waals surface area contributed by atoms with Gasteiger partial charge >= 0.3 is 0 Å². The number of benzene rings is 1. The van der Waals surface area contributed by atoms with Gasteiger partial charge in [0.25, 0.3) is 0 Å². The van der Waals surface area contributed by atoms with Crippen molar-refractivity contribution >= 4 is 17.2 Å². The van der Waals surface area contributed by atoms with Gasteiger partial charge in [0.2, 0.25) is 12.7 Å². The van der Waals surface area contributed by atoms with Crippen LogP contribution in [0.2, 0.25) is 0 Å². The van der Waals surface area contributed by atoms with Gasteiger partial charge in [-0.1, -0.05) is 12.1 Å². The second kappa shape index (κ2) is 7.45. The summed E-state index contributed by atoms with van der Waals surface area (Å²) in [5, 5.41) is 5.03. The van der Waals surface area contributed by atoms with Crippen LogP contribution in [0, 0.1) is 0 Å². The second-order valence-electron chi connectivity index (χ2n) is 6.52. The highest BCUT2D eigenvalue weighted by Gasteiger charge is 2.24. The minimum Gasteiger partial charge on any atom is -0.454 e. The van der Waals surface area contributed by atoms with Gasteiger partial charge in [-0.3, -0.25) is 9.69 Å². The van der Waals surface area contributed by atoms with Crippen molar-refractivity contribution in [2.45, 2.75) is 25.3 Å². The van der Waals surface area contributed by atoms with E-state index in [1.807, 2.05) is 23.6 Å². The maximum atomic E-state index is 12.1. The van der Waals surface area contributed by atoms with Crippen molar-refractivity contribution in [3.8, 4) is 11.5 Å². The molecule has 2 aromatic rings. The van der Waals surface area contributed by atoms with Crippen LogP contribution in [0.4, 0.5) is 0 Å². The molecule has 0 saturated carbocycles. The topological polar surface area (TPSA) is 50.8 Å². The number of rotatable bonds is 5. The van der Waals surface area contributed by atoms with E-state index in [0.29, 0.717) is 25.8 Å². The third-order valence-corrected chi connectivity index (χ3v) is 5.74. The quantitative estimate of drug-likeness (QED) is 0.893. The van der Waals surface area contributed by atoms with E-state index in [4.69, 9.17) is 9.47 Å². The van der Waals surface area contributed by atoms with Gasteiger partial charge in [-0.2, -0.15) is 0 Å². The number of carbonyl (C=O) groups is 1. The van der Waals surface area contributed by atoms with Crippen molar-refractivity contribution in [2.24, 2.45) is 0 Å². The lowest BCUT2D eigenvalue weighted by Gasteiger charge is -2.31. The molecule has 1 saturated heterocycles. The van der Waals surface area contributed by atoms with Crippen LogP contribution in [-0.2, 0) is 11.3 Å². The second-order valence-corrected chi connectivity index (χ2v) is 7.55. The van der Waals surface area contributed by atoms with Crippen LogP contribution >= 0.6 is 11.3 Å². The third-order valence-electron chi connectivity index (χ3n) is 4.86. The number of carbonyl (C=O) groups excluding carboxylic acids is 1. The summed E-state index contributed by atoms with van der Waals surface area (Å²) in [6.07, 6.45) is 2.13. The van der Waals surface area contributed by atoms with E-state index in [1.54, 1.807) is 11.3 Å². The molecule has 5 nitrogen and oxygen atoms in total. The Hall–Kier alpha value is -2.05. The number of hydrogen-bond donors (Lipinski definition) is 1. The molecule has 1 fully saturated rings. The van der Waals surface area contributed by atoms with Gasteiger partial charge in [-0.15, -0.1) is 11.3 Å². The van der Waals surface area contributed by atoms with Gasteiger partial charge in [-0.25, -0.2) is 0 Å². The number of thiophene rings is 1. The Balaban J connectivity index is 1.24. The summed E-state index contributed by atoms with van der Waals surface area (Å²) in [5.74, 6) is 2.33. The molecular formula is C19H22N2O3S. The van der Waals surface area contributed by atoms with Gasteiger partial charge in [-0.05, 0) is 61.0 Å². The highest BCUT2D eigenvalue weighted by atomic mass is 32.1.